The van der Waals surface area contributed by atoms with Gasteiger partial charge in [-0.25, -0.2) is 0 Å². The summed E-state index contributed by atoms with van der Waals surface area (Å²) in [5, 5.41) is 12.0. The predicted octanol–water partition coefficient (Wildman–Crippen LogP) is 3.00. The van der Waals surface area contributed by atoms with E-state index >= 15 is 0 Å². The van der Waals surface area contributed by atoms with Crippen molar-refractivity contribution in [2.24, 2.45) is 5.92 Å². The van der Waals surface area contributed by atoms with E-state index in [2.05, 4.69) is 12.2 Å². The lowest BCUT2D eigenvalue weighted by atomic mass is 9.74. The Morgan fingerprint density at radius 3 is 2.86 bits per heavy atom. The number of fused-ring (bicyclic) bond motifs is 1. The van der Waals surface area contributed by atoms with Crippen LogP contribution in [-0.4, -0.2) is 22.5 Å². The van der Waals surface area contributed by atoms with Crippen LogP contribution in [0.5, 0.6) is 0 Å². The van der Waals surface area contributed by atoms with Gasteiger partial charge in [0.05, 0.1) is 16.8 Å². The van der Waals surface area contributed by atoms with Gasteiger partial charge < -0.3 is 10.4 Å². The minimum atomic E-state index is -0.839. The molecule has 0 radical (unpaired) electrons. The van der Waals surface area contributed by atoms with Crippen LogP contribution in [0.25, 0.3) is 0 Å². The number of carboxylic acids is 1. The zero-order valence-electron chi connectivity index (χ0n) is 12.3. The van der Waals surface area contributed by atoms with E-state index in [4.69, 9.17) is 5.11 Å². The minimum Gasteiger partial charge on any atom is -0.481 e. The van der Waals surface area contributed by atoms with E-state index in [-0.39, 0.29) is 12.3 Å². The van der Waals surface area contributed by atoms with Crippen LogP contribution >= 0.6 is 11.3 Å². The second-order valence-electron chi connectivity index (χ2n) is 6.57. The first kappa shape index (κ1) is 14.6. The molecule has 21 heavy (non-hydrogen) atoms. The highest BCUT2D eigenvalue weighted by molar-refractivity contribution is 7.14. The minimum absolute atomic E-state index is 0.0286. The monoisotopic (exact) mass is 307 g/mol. The molecule has 0 aliphatic heterocycles. The van der Waals surface area contributed by atoms with Crippen molar-refractivity contribution in [1.29, 1.82) is 0 Å². The van der Waals surface area contributed by atoms with E-state index in [1.165, 1.54) is 16.9 Å². The Bertz CT molecular complexity index is 574. The number of amides is 1. The summed E-state index contributed by atoms with van der Waals surface area (Å²) in [5.41, 5.74) is 0.797. The molecule has 0 saturated heterocycles. The van der Waals surface area contributed by atoms with Gasteiger partial charge in [-0.15, -0.1) is 11.3 Å². The highest BCUT2D eigenvalue weighted by atomic mass is 32.1. The summed E-state index contributed by atoms with van der Waals surface area (Å²) in [4.78, 5) is 25.5. The third-order valence-corrected chi connectivity index (χ3v) is 5.97. The summed E-state index contributed by atoms with van der Waals surface area (Å²) in [6, 6.07) is 2.01. The molecule has 4 nitrogen and oxygen atoms in total. The van der Waals surface area contributed by atoms with Gasteiger partial charge in [0, 0.05) is 4.88 Å². The molecule has 1 saturated carbocycles. The number of nitrogens with one attached hydrogen (secondary N) is 1. The maximum atomic E-state index is 12.4. The number of rotatable bonds is 4. The molecule has 1 amide bonds. The number of thiophene rings is 1. The fourth-order valence-corrected chi connectivity index (χ4v) is 4.46. The predicted molar refractivity (Wildman–Crippen MR) is 81.8 cm³/mol. The lowest BCUT2D eigenvalue weighted by Crippen LogP contribution is -2.54. The van der Waals surface area contributed by atoms with Crippen LogP contribution in [-0.2, 0) is 17.6 Å². The molecule has 2 aliphatic carbocycles. The normalized spacial score (nSPS) is 23.0. The van der Waals surface area contributed by atoms with Gasteiger partial charge in [0.2, 0.25) is 0 Å². The SMILES string of the molecule is CC1CCc2sc(C(=O)NC3(CC(=O)O)CCC3)cc2C1. The average Bonchev–Trinajstić information content (AvgIpc) is 2.78. The molecular formula is C16H21NO3S. The number of hydrogen-bond acceptors (Lipinski definition) is 3. The Balaban J connectivity index is 1.72. The summed E-state index contributed by atoms with van der Waals surface area (Å²) in [6.45, 7) is 2.25. The lowest BCUT2D eigenvalue weighted by Gasteiger charge is -2.41. The number of carbonyl (C=O) groups excluding carboxylic acids is 1. The molecule has 2 N–H and O–H groups in total. The smallest absolute Gasteiger partial charge is 0.305 e. The van der Waals surface area contributed by atoms with Gasteiger partial charge in [-0.1, -0.05) is 6.92 Å². The molecule has 1 heterocycles. The highest BCUT2D eigenvalue weighted by Gasteiger charge is 2.40. The Hall–Kier alpha value is -1.36. The fraction of sp³-hybridized carbons (Fsp3) is 0.625. The molecule has 1 atom stereocenters. The van der Waals surface area contributed by atoms with E-state index in [9.17, 15) is 9.59 Å². The average molecular weight is 307 g/mol. The Morgan fingerprint density at radius 2 is 2.24 bits per heavy atom. The molecule has 114 valence electrons. The Kier molecular flexibility index (Phi) is 3.78. The van der Waals surface area contributed by atoms with Crippen molar-refractivity contribution in [3.05, 3.63) is 21.4 Å². The topological polar surface area (TPSA) is 66.4 Å². The van der Waals surface area contributed by atoms with Crippen LogP contribution in [0.1, 0.15) is 59.1 Å². The van der Waals surface area contributed by atoms with Crippen molar-refractivity contribution in [1.82, 2.24) is 5.32 Å². The van der Waals surface area contributed by atoms with Crippen molar-refractivity contribution in [3.8, 4) is 0 Å². The summed E-state index contributed by atoms with van der Waals surface area (Å²) in [6.07, 6.45) is 5.87. The second kappa shape index (κ2) is 5.44. The van der Waals surface area contributed by atoms with Crippen LogP contribution < -0.4 is 5.32 Å². The van der Waals surface area contributed by atoms with Gasteiger partial charge in [-0.3, -0.25) is 9.59 Å². The van der Waals surface area contributed by atoms with E-state index in [0.717, 1.165) is 37.0 Å². The number of aliphatic carboxylic acids is 1. The maximum Gasteiger partial charge on any atom is 0.305 e. The van der Waals surface area contributed by atoms with Gasteiger partial charge in [0.15, 0.2) is 0 Å². The van der Waals surface area contributed by atoms with E-state index in [0.29, 0.717) is 5.92 Å². The quantitative estimate of drug-likeness (QED) is 0.898. The van der Waals surface area contributed by atoms with Crippen molar-refractivity contribution >= 4 is 23.2 Å². The van der Waals surface area contributed by atoms with E-state index in [1.807, 2.05) is 6.07 Å². The Labute approximate surface area is 128 Å². The summed E-state index contributed by atoms with van der Waals surface area (Å²) < 4.78 is 0. The number of carboxylic acid groups (broad SMARTS) is 1. The van der Waals surface area contributed by atoms with Gasteiger partial charge in [0.25, 0.3) is 5.91 Å². The molecule has 1 aromatic heterocycles. The summed E-state index contributed by atoms with van der Waals surface area (Å²) in [7, 11) is 0. The summed E-state index contributed by atoms with van der Waals surface area (Å²) >= 11 is 1.58. The van der Waals surface area contributed by atoms with Crippen molar-refractivity contribution < 1.29 is 14.7 Å². The van der Waals surface area contributed by atoms with Crippen molar-refractivity contribution in [2.75, 3.05) is 0 Å². The number of hydrogen-bond donors (Lipinski definition) is 2. The first-order valence-electron chi connectivity index (χ1n) is 7.63. The molecule has 0 bridgehead atoms. The lowest BCUT2D eigenvalue weighted by molar-refractivity contribution is -0.139. The number of carbonyl (C=O) groups is 2. The molecule has 1 unspecified atom stereocenters. The van der Waals surface area contributed by atoms with E-state index < -0.39 is 11.5 Å². The zero-order chi connectivity index (χ0) is 15.0. The maximum absolute atomic E-state index is 12.4. The second-order valence-corrected chi connectivity index (χ2v) is 7.70. The number of aryl methyl sites for hydroxylation is 1. The first-order chi connectivity index (χ1) is 9.97. The van der Waals surface area contributed by atoms with Gasteiger partial charge in [-0.2, -0.15) is 0 Å². The van der Waals surface area contributed by atoms with Gasteiger partial charge >= 0.3 is 5.97 Å². The molecule has 0 spiro atoms. The largest absolute Gasteiger partial charge is 0.481 e. The van der Waals surface area contributed by atoms with Crippen LogP contribution in [0, 0.1) is 5.92 Å². The fourth-order valence-electron chi connectivity index (χ4n) is 3.36. The summed E-state index contributed by atoms with van der Waals surface area (Å²) in [5.74, 6) is -0.245. The molecule has 0 aromatic carbocycles. The molecular weight excluding hydrogens is 286 g/mol. The van der Waals surface area contributed by atoms with E-state index in [1.54, 1.807) is 11.3 Å². The van der Waals surface area contributed by atoms with Gasteiger partial charge in [-0.05, 0) is 56.1 Å². The molecule has 5 heteroatoms. The first-order valence-corrected chi connectivity index (χ1v) is 8.45. The van der Waals surface area contributed by atoms with Crippen molar-refractivity contribution in [3.63, 3.8) is 0 Å². The van der Waals surface area contributed by atoms with Crippen LogP contribution in [0.15, 0.2) is 6.07 Å². The highest BCUT2D eigenvalue weighted by Crippen LogP contribution is 2.36. The van der Waals surface area contributed by atoms with Crippen LogP contribution in [0.2, 0.25) is 0 Å². The van der Waals surface area contributed by atoms with Crippen LogP contribution in [0.3, 0.4) is 0 Å². The zero-order valence-corrected chi connectivity index (χ0v) is 13.1. The van der Waals surface area contributed by atoms with Crippen LogP contribution in [0.4, 0.5) is 0 Å². The van der Waals surface area contributed by atoms with Gasteiger partial charge in [0.1, 0.15) is 0 Å². The third kappa shape index (κ3) is 2.98. The molecule has 2 aliphatic rings. The van der Waals surface area contributed by atoms with Crippen molar-refractivity contribution in [2.45, 2.75) is 57.4 Å². The molecule has 1 aromatic rings. The molecule has 1 fully saturated rings. The standard InChI is InChI=1S/C16H21NO3S/c1-10-3-4-12-11(7-10)8-13(21-12)15(20)17-16(5-2-6-16)9-14(18)19/h8,10H,2-7,9H2,1H3,(H,17,20)(H,18,19). The third-order valence-electron chi connectivity index (χ3n) is 4.73. The molecule has 3 rings (SSSR count). The Morgan fingerprint density at radius 1 is 1.48 bits per heavy atom.